The molecule has 0 N–H and O–H groups in total. The van der Waals surface area contributed by atoms with Crippen LogP contribution in [0.4, 0.5) is 0 Å². The Morgan fingerprint density at radius 2 is 1.75 bits per heavy atom. The van der Waals surface area contributed by atoms with E-state index in [1.54, 1.807) is 33.1 Å². The third kappa shape index (κ3) is 6.01. The number of hydrogen-bond donors (Lipinski definition) is 0. The first-order valence-electron chi connectivity index (χ1n) is 11.4. The average molecular weight is 468 g/mol. The standard InChI is InChI=1S/C23H37N3O5S/c1-18-14-21(30-4)15-19(2)23(18)32(28,29)24(3)12-13-31-17-22(27)26-10-6-20(7-11-26)16-25-8-5-9-25/h14-15,20H,5-13,16-17H2,1-4H3. The van der Waals surface area contributed by atoms with Crippen molar-refractivity contribution < 1.29 is 22.7 Å². The molecule has 0 unspecified atom stereocenters. The first-order valence-corrected chi connectivity index (χ1v) is 12.9. The summed E-state index contributed by atoms with van der Waals surface area (Å²) < 4.78 is 38.1. The molecular weight excluding hydrogens is 430 g/mol. The molecule has 1 amide bonds. The summed E-state index contributed by atoms with van der Waals surface area (Å²) in [4.78, 5) is 17.1. The number of rotatable bonds is 10. The molecule has 2 heterocycles. The number of likely N-dealkylation sites (tertiary alicyclic amines) is 2. The lowest BCUT2D eigenvalue weighted by atomic mass is 9.95. The fourth-order valence-electron chi connectivity index (χ4n) is 4.45. The summed E-state index contributed by atoms with van der Waals surface area (Å²) in [5, 5.41) is 0. The number of carbonyl (C=O) groups excluding carboxylic acids is 1. The van der Waals surface area contributed by atoms with Gasteiger partial charge in [0.2, 0.25) is 15.9 Å². The Balaban J connectivity index is 1.42. The quantitative estimate of drug-likeness (QED) is 0.489. The number of ether oxygens (including phenoxy) is 2. The minimum Gasteiger partial charge on any atom is -0.497 e. The Kier molecular flexibility index (Phi) is 8.55. The highest BCUT2D eigenvalue weighted by molar-refractivity contribution is 7.89. The summed E-state index contributed by atoms with van der Waals surface area (Å²) in [6.07, 6.45) is 3.40. The van der Waals surface area contributed by atoms with Crippen LogP contribution in [0.2, 0.25) is 0 Å². The highest BCUT2D eigenvalue weighted by atomic mass is 32.2. The minimum atomic E-state index is -3.66. The lowest BCUT2D eigenvalue weighted by Gasteiger charge is -2.38. The second-order valence-corrected chi connectivity index (χ2v) is 10.9. The van der Waals surface area contributed by atoms with Crippen LogP contribution in [0, 0.1) is 19.8 Å². The van der Waals surface area contributed by atoms with Crippen molar-refractivity contribution in [3.63, 3.8) is 0 Å². The van der Waals surface area contributed by atoms with E-state index in [1.807, 2.05) is 4.90 Å². The summed E-state index contributed by atoms with van der Waals surface area (Å²) in [6, 6.07) is 3.44. The van der Waals surface area contributed by atoms with Crippen LogP contribution in [0.15, 0.2) is 17.0 Å². The van der Waals surface area contributed by atoms with Crippen LogP contribution in [0.25, 0.3) is 0 Å². The normalized spacial score (nSPS) is 18.1. The molecular formula is C23H37N3O5S. The Labute approximate surface area is 192 Å². The van der Waals surface area contributed by atoms with Crippen molar-refractivity contribution in [2.24, 2.45) is 5.92 Å². The first-order chi connectivity index (χ1) is 15.2. The van der Waals surface area contributed by atoms with Gasteiger partial charge in [-0.3, -0.25) is 4.79 Å². The molecule has 1 aromatic carbocycles. The van der Waals surface area contributed by atoms with Crippen molar-refractivity contribution in [2.45, 2.75) is 38.0 Å². The van der Waals surface area contributed by atoms with Crippen molar-refractivity contribution in [1.29, 1.82) is 0 Å². The van der Waals surface area contributed by atoms with Gasteiger partial charge in [-0.15, -0.1) is 0 Å². The largest absolute Gasteiger partial charge is 0.497 e. The molecule has 32 heavy (non-hydrogen) atoms. The van der Waals surface area contributed by atoms with Crippen molar-refractivity contribution >= 4 is 15.9 Å². The van der Waals surface area contributed by atoms with Gasteiger partial charge in [0.05, 0.1) is 18.6 Å². The lowest BCUT2D eigenvalue weighted by molar-refractivity contribution is -0.137. The number of nitrogens with zero attached hydrogens (tertiary/aromatic N) is 3. The molecule has 0 atom stereocenters. The van der Waals surface area contributed by atoms with Crippen LogP contribution in [-0.2, 0) is 19.6 Å². The Morgan fingerprint density at radius 3 is 2.28 bits per heavy atom. The van der Waals surface area contributed by atoms with Crippen LogP contribution in [0.3, 0.4) is 0 Å². The zero-order valence-corrected chi connectivity index (χ0v) is 20.6. The van der Waals surface area contributed by atoms with E-state index >= 15 is 0 Å². The van der Waals surface area contributed by atoms with Crippen LogP contribution in [0.5, 0.6) is 5.75 Å². The molecule has 8 nitrogen and oxygen atoms in total. The average Bonchev–Trinajstić information content (AvgIpc) is 2.73. The van der Waals surface area contributed by atoms with Gasteiger partial charge in [0.15, 0.2) is 0 Å². The van der Waals surface area contributed by atoms with Gasteiger partial charge >= 0.3 is 0 Å². The predicted molar refractivity (Wildman–Crippen MR) is 123 cm³/mol. The van der Waals surface area contributed by atoms with Crippen LogP contribution >= 0.6 is 0 Å². The lowest BCUT2D eigenvalue weighted by Crippen LogP contribution is -2.45. The number of amides is 1. The van der Waals surface area contributed by atoms with Gasteiger partial charge in [-0.25, -0.2) is 8.42 Å². The smallest absolute Gasteiger partial charge is 0.248 e. The van der Waals surface area contributed by atoms with E-state index in [9.17, 15) is 13.2 Å². The molecule has 9 heteroatoms. The third-order valence-corrected chi connectivity index (χ3v) is 8.71. The van der Waals surface area contributed by atoms with Gasteiger partial charge in [-0.05, 0) is 75.4 Å². The highest BCUT2D eigenvalue weighted by Crippen LogP contribution is 2.27. The molecule has 2 saturated heterocycles. The van der Waals surface area contributed by atoms with Gasteiger partial charge in [-0.1, -0.05) is 0 Å². The molecule has 2 fully saturated rings. The van der Waals surface area contributed by atoms with E-state index < -0.39 is 10.0 Å². The zero-order chi connectivity index (χ0) is 23.3. The van der Waals surface area contributed by atoms with Crippen LogP contribution in [0.1, 0.15) is 30.4 Å². The summed E-state index contributed by atoms with van der Waals surface area (Å²) in [5.41, 5.74) is 1.28. The Hall–Kier alpha value is -1.68. The number of hydrogen-bond acceptors (Lipinski definition) is 6. The second kappa shape index (κ2) is 11.0. The van der Waals surface area contributed by atoms with Gasteiger partial charge in [0, 0.05) is 33.2 Å². The minimum absolute atomic E-state index is 0.00866. The molecule has 2 aliphatic heterocycles. The molecule has 0 aliphatic carbocycles. The summed E-state index contributed by atoms with van der Waals surface area (Å²) in [6.45, 7) is 9.02. The van der Waals surface area contributed by atoms with Gasteiger partial charge < -0.3 is 19.3 Å². The Bertz CT molecular complexity index is 870. The van der Waals surface area contributed by atoms with Crippen molar-refractivity contribution in [2.75, 3.05) is 66.6 Å². The van der Waals surface area contributed by atoms with E-state index in [-0.39, 0.29) is 30.6 Å². The SMILES string of the molecule is COc1cc(C)c(S(=O)(=O)N(C)CCOCC(=O)N2CCC(CN3CCC3)CC2)c(C)c1. The number of benzene rings is 1. The monoisotopic (exact) mass is 467 g/mol. The van der Waals surface area contributed by atoms with Crippen molar-refractivity contribution in [1.82, 2.24) is 14.1 Å². The molecule has 2 aliphatic rings. The van der Waals surface area contributed by atoms with Gasteiger partial charge in [-0.2, -0.15) is 4.31 Å². The number of piperidine rings is 1. The zero-order valence-electron chi connectivity index (χ0n) is 19.8. The van der Waals surface area contributed by atoms with Crippen LogP contribution < -0.4 is 4.74 Å². The number of carbonyl (C=O) groups is 1. The molecule has 1 aromatic rings. The van der Waals surface area contributed by atoms with Crippen molar-refractivity contribution in [3.05, 3.63) is 23.3 Å². The van der Waals surface area contributed by atoms with Crippen LogP contribution in [-0.4, -0.2) is 95.1 Å². The first kappa shape index (κ1) is 25.0. The molecule has 0 saturated carbocycles. The summed E-state index contributed by atoms with van der Waals surface area (Å²) in [5.74, 6) is 1.30. The van der Waals surface area contributed by atoms with E-state index in [0.717, 1.165) is 32.5 Å². The molecule has 0 bridgehead atoms. The van der Waals surface area contributed by atoms with E-state index in [4.69, 9.17) is 9.47 Å². The maximum absolute atomic E-state index is 13.0. The maximum Gasteiger partial charge on any atom is 0.248 e. The highest BCUT2D eigenvalue weighted by Gasteiger charge is 2.27. The van der Waals surface area contributed by atoms with E-state index in [2.05, 4.69) is 4.90 Å². The number of aryl methyl sites for hydroxylation is 2. The fraction of sp³-hybridized carbons (Fsp3) is 0.696. The topological polar surface area (TPSA) is 79.4 Å². The molecule has 3 rings (SSSR count). The van der Waals surface area contributed by atoms with E-state index in [1.165, 1.54) is 30.9 Å². The summed E-state index contributed by atoms with van der Waals surface area (Å²) in [7, 11) is -0.569. The molecule has 0 spiro atoms. The van der Waals surface area contributed by atoms with E-state index in [0.29, 0.717) is 22.8 Å². The maximum atomic E-state index is 13.0. The Morgan fingerprint density at radius 1 is 1.12 bits per heavy atom. The predicted octanol–water partition coefficient (Wildman–Crippen LogP) is 1.89. The van der Waals surface area contributed by atoms with Gasteiger partial charge in [0.1, 0.15) is 12.4 Å². The summed E-state index contributed by atoms with van der Waals surface area (Å²) >= 11 is 0. The fourth-order valence-corrected chi connectivity index (χ4v) is 6.01. The molecule has 180 valence electrons. The molecule has 0 radical (unpaired) electrons. The van der Waals surface area contributed by atoms with Crippen molar-refractivity contribution in [3.8, 4) is 5.75 Å². The number of likely N-dealkylation sites (N-methyl/N-ethyl adjacent to an activating group) is 1. The molecule has 0 aromatic heterocycles. The second-order valence-electron chi connectivity index (χ2n) is 8.95. The van der Waals surface area contributed by atoms with Gasteiger partial charge in [0.25, 0.3) is 0 Å². The number of sulfonamides is 1. The third-order valence-electron chi connectivity index (χ3n) is 6.55. The number of methoxy groups -OCH3 is 1.